The van der Waals surface area contributed by atoms with Gasteiger partial charge in [0, 0.05) is 15.1 Å². The number of aromatic nitrogens is 2. The number of halogens is 2. The van der Waals surface area contributed by atoms with Crippen molar-refractivity contribution in [3.05, 3.63) is 76.0 Å². The summed E-state index contributed by atoms with van der Waals surface area (Å²) in [4.78, 5) is 16.2. The second kappa shape index (κ2) is 9.80. The van der Waals surface area contributed by atoms with E-state index < -0.39 is 0 Å². The number of nitrogens with zero attached hydrogens (tertiary/aromatic N) is 2. The number of urea groups is 1. The first-order valence-electron chi connectivity index (χ1n) is 9.49. The van der Waals surface area contributed by atoms with E-state index in [1.54, 1.807) is 24.3 Å². The highest BCUT2D eigenvalue weighted by atomic mass is 79.9. The number of fused-ring (bicyclic) bond motifs is 1. The minimum Gasteiger partial charge on any atom is -0.492 e. The lowest BCUT2D eigenvalue weighted by Crippen LogP contribution is -2.37. The molecule has 0 aliphatic heterocycles. The monoisotopic (exact) mass is 500 g/mol. The first kappa shape index (κ1) is 21.1. The third-order valence-electron chi connectivity index (χ3n) is 4.40. The zero-order valence-electron chi connectivity index (χ0n) is 16.3. The Morgan fingerprint density at radius 1 is 1.03 bits per heavy atom. The Morgan fingerprint density at radius 3 is 2.65 bits per heavy atom. The average molecular weight is 502 g/mol. The second-order valence-corrected chi connectivity index (χ2v) is 7.98. The SMILES string of the molecule is O=C(NCCOc1ccc2cc(Br)ccc2c1)NCc1nc(-c2ccc(Cl)cc2)no1. The molecule has 1 aromatic heterocycles. The molecule has 0 aliphatic carbocycles. The van der Waals surface area contributed by atoms with Crippen LogP contribution in [0.2, 0.25) is 5.02 Å². The number of carbonyl (C=O) groups excluding carboxylic acids is 1. The van der Waals surface area contributed by atoms with Crippen LogP contribution in [-0.2, 0) is 6.54 Å². The summed E-state index contributed by atoms with van der Waals surface area (Å²) in [7, 11) is 0. The normalized spacial score (nSPS) is 10.8. The van der Waals surface area contributed by atoms with Crippen molar-refractivity contribution in [1.82, 2.24) is 20.8 Å². The van der Waals surface area contributed by atoms with Gasteiger partial charge >= 0.3 is 6.03 Å². The molecular formula is C22H18BrClN4O3. The fourth-order valence-electron chi connectivity index (χ4n) is 2.88. The first-order valence-corrected chi connectivity index (χ1v) is 10.7. The zero-order valence-corrected chi connectivity index (χ0v) is 18.6. The van der Waals surface area contributed by atoms with Crippen LogP contribution in [0.4, 0.5) is 4.79 Å². The molecule has 4 rings (SSSR count). The summed E-state index contributed by atoms with van der Waals surface area (Å²) >= 11 is 9.34. The van der Waals surface area contributed by atoms with Gasteiger partial charge in [0.25, 0.3) is 0 Å². The largest absolute Gasteiger partial charge is 0.492 e. The molecular weight excluding hydrogens is 484 g/mol. The third-order valence-corrected chi connectivity index (χ3v) is 5.15. The molecule has 2 amide bonds. The molecule has 4 aromatic rings. The van der Waals surface area contributed by atoms with Crippen LogP contribution < -0.4 is 15.4 Å². The smallest absolute Gasteiger partial charge is 0.315 e. The summed E-state index contributed by atoms with van der Waals surface area (Å²) in [6.07, 6.45) is 0. The molecule has 0 unspecified atom stereocenters. The van der Waals surface area contributed by atoms with E-state index in [1.165, 1.54) is 0 Å². The molecule has 31 heavy (non-hydrogen) atoms. The van der Waals surface area contributed by atoms with Crippen molar-refractivity contribution < 1.29 is 14.1 Å². The van der Waals surface area contributed by atoms with Crippen molar-refractivity contribution in [1.29, 1.82) is 0 Å². The van der Waals surface area contributed by atoms with E-state index in [1.807, 2.05) is 36.4 Å². The Labute approximate surface area is 191 Å². The second-order valence-electron chi connectivity index (χ2n) is 6.63. The predicted molar refractivity (Wildman–Crippen MR) is 122 cm³/mol. The van der Waals surface area contributed by atoms with E-state index in [0.29, 0.717) is 29.9 Å². The molecule has 9 heteroatoms. The summed E-state index contributed by atoms with van der Waals surface area (Å²) in [5.74, 6) is 1.49. The number of benzene rings is 3. The van der Waals surface area contributed by atoms with Crippen LogP contribution in [0.15, 0.2) is 69.7 Å². The third kappa shape index (κ3) is 5.74. The Balaban J connectivity index is 1.19. The highest BCUT2D eigenvalue weighted by Gasteiger charge is 2.10. The predicted octanol–water partition coefficient (Wildman–Crippen LogP) is 5.18. The number of carbonyl (C=O) groups is 1. The van der Waals surface area contributed by atoms with Gasteiger partial charge in [-0.1, -0.05) is 44.8 Å². The minimum absolute atomic E-state index is 0.119. The molecule has 0 atom stereocenters. The molecule has 3 aromatic carbocycles. The van der Waals surface area contributed by atoms with Gasteiger partial charge in [-0.3, -0.25) is 0 Å². The van der Waals surface area contributed by atoms with Crippen LogP contribution in [0.25, 0.3) is 22.2 Å². The van der Waals surface area contributed by atoms with Gasteiger partial charge in [0.15, 0.2) is 0 Å². The highest BCUT2D eigenvalue weighted by molar-refractivity contribution is 9.10. The van der Waals surface area contributed by atoms with Gasteiger partial charge in [0.2, 0.25) is 11.7 Å². The number of nitrogens with one attached hydrogen (secondary N) is 2. The summed E-state index contributed by atoms with van der Waals surface area (Å²) in [5, 5.41) is 12.1. The number of hydrogen-bond acceptors (Lipinski definition) is 5. The molecule has 0 saturated carbocycles. The fourth-order valence-corrected chi connectivity index (χ4v) is 3.38. The standard InChI is InChI=1S/C22H18BrClN4O3/c23-17-5-1-16-12-19(8-4-15(16)11-17)30-10-9-25-22(29)26-13-20-27-21(28-31-20)14-2-6-18(24)7-3-14/h1-8,11-12H,9-10,13H2,(H2,25,26,29). The highest BCUT2D eigenvalue weighted by Crippen LogP contribution is 2.24. The molecule has 1 heterocycles. The van der Waals surface area contributed by atoms with Crippen LogP contribution in [-0.4, -0.2) is 29.3 Å². The minimum atomic E-state index is -0.349. The molecule has 0 radical (unpaired) electrons. The van der Waals surface area contributed by atoms with Crippen LogP contribution >= 0.6 is 27.5 Å². The van der Waals surface area contributed by atoms with Gasteiger partial charge in [-0.2, -0.15) is 4.98 Å². The van der Waals surface area contributed by atoms with Crippen LogP contribution in [0.3, 0.4) is 0 Å². The van der Waals surface area contributed by atoms with Gasteiger partial charge < -0.3 is 19.9 Å². The van der Waals surface area contributed by atoms with Gasteiger partial charge in [0.05, 0.1) is 13.1 Å². The first-order chi connectivity index (χ1) is 15.1. The van der Waals surface area contributed by atoms with Gasteiger partial charge in [-0.05, 0) is 59.3 Å². The Hall–Kier alpha value is -3.10. The number of amides is 2. The van der Waals surface area contributed by atoms with Crippen LogP contribution in [0.1, 0.15) is 5.89 Å². The molecule has 0 spiro atoms. The summed E-state index contributed by atoms with van der Waals surface area (Å²) in [5.41, 5.74) is 0.780. The Kier molecular flexibility index (Phi) is 6.69. The molecule has 0 aliphatic rings. The summed E-state index contributed by atoms with van der Waals surface area (Å²) < 4.78 is 11.9. The van der Waals surface area contributed by atoms with E-state index in [-0.39, 0.29) is 12.6 Å². The lowest BCUT2D eigenvalue weighted by molar-refractivity contribution is 0.234. The molecule has 0 bridgehead atoms. The molecule has 2 N–H and O–H groups in total. The molecule has 0 fully saturated rings. The van der Waals surface area contributed by atoms with Crippen molar-refractivity contribution >= 4 is 44.3 Å². The Bertz CT molecular complexity index is 1200. The Morgan fingerprint density at radius 2 is 1.81 bits per heavy atom. The maximum atomic E-state index is 12.0. The van der Waals surface area contributed by atoms with E-state index in [0.717, 1.165) is 26.6 Å². The van der Waals surface area contributed by atoms with E-state index in [2.05, 4.69) is 36.7 Å². The lowest BCUT2D eigenvalue weighted by atomic mass is 10.1. The lowest BCUT2D eigenvalue weighted by Gasteiger charge is -2.09. The van der Waals surface area contributed by atoms with Gasteiger partial charge in [0.1, 0.15) is 12.4 Å². The molecule has 158 valence electrons. The van der Waals surface area contributed by atoms with Crippen molar-refractivity contribution in [2.75, 3.05) is 13.2 Å². The molecule has 7 nitrogen and oxygen atoms in total. The van der Waals surface area contributed by atoms with Crippen molar-refractivity contribution in [2.45, 2.75) is 6.54 Å². The molecule has 0 saturated heterocycles. The zero-order chi connectivity index (χ0) is 21.6. The maximum absolute atomic E-state index is 12.0. The van der Waals surface area contributed by atoms with E-state index in [9.17, 15) is 4.79 Å². The fraction of sp³-hybridized carbons (Fsp3) is 0.136. The summed E-state index contributed by atoms with van der Waals surface area (Å²) in [6, 6.07) is 18.7. The van der Waals surface area contributed by atoms with Crippen molar-refractivity contribution in [3.8, 4) is 17.1 Å². The topological polar surface area (TPSA) is 89.3 Å². The van der Waals surface area contributed by atoms with E-state index in [4.69, 9.17) is 20.9 Å². The van der Waals surface area contributed by atoms with Crippen molar-refractivity contribution in [3.63, 3.8) is 0 Å². The average Bonchev–Trinajstić information content (AvgIpc) is 3.25. The number of hydrogen-bond donors (Lipinski definition) is 2. The quantitative estimate of drug-likeness (QED) is 0.340. The maximum Gasteiger partial charge on any atom is 0.315 e. The number of rotatable bonds is 7. The van der Waals surface area contributed by atoms with Crippen LogP contribution in [0.5, 0.6) is 5.75 Å². The summed E-state index contributed by atoms with van der Waals surface area (Å²) in [6.45, 7) is 0.814. The van der Waals surface area contributed by atoms with Crippen molar-refractivity contribution in [2.24, 2.45) is 0 Å². The van der Waals surface area contributed by atoms with Gasteiger partial charge in [-0.25, -0.2) is 4.79 Å². The van der Waals surface area contributed by atoms with Gasteiger partial charge in [-0.15, -0.1) is 0 Å². The van der Waals surface area contributed by atoms with Crippen LogP contribution in [0, 0.1) is 0 Å². The number of ether oxygens (including phenoxy) is 1. The van der Waals surface area contributed by atoms with E-state index >= 15 is 0 Å².